The summed E-state index contributed by atoms with van der Waals surface area (Å²) < 4.78 is 147. The van der Waals surface area contributed by atoms with E-state index in [2.05, 4.69) is 23.2 Å². The minimum absolute atomic E-state index is 0. The Kier molecular flexibility index (Phi) is 5.26. The second kappa shape index (κ2) is 14.5. The van der Waals surface area contributed by atoms with Crippen molar-refractivity contribution in [3.63, 3.8) is 0 Å². The molecule has 5 aromatic carbocycles. The second-order valence-electron chi connectivity index (χ2n) is 11.2. The van der Waals surface area contributed by atoms with Crippen molar-refractivity contribution in [2.75, 3.05) is 0 Å². The van der Waals surface area contributed by atoms with Gasteiger partial charge in [0.25, 0.3) is 0 Å². The van der Waals surface area contributed by atoms with Gasteiger partial charge in [-0.1, -0.05) is 79.0 Å². The van der Waals surface area contributed by atoms with Crippen LogP contribution in [0.1, 0.15) is 72.9 Å². The molecule has 0 unspecified atom stereocenters. The molecule has 0 radical (unpaired) electrons. The molecule has 3 aliphatic carbocycles. The van der Waals surface area contributed by atoms with Crippen molar-refractivity contribution < 1.29 is 44.8 Å². The number of nitrogens with zero attached hydrogens (tertiary/aromatic N) is 1. The Balaban J connectivity index is 0.000000222. The Hall–Kier alpha value is -4.10. The molecule has 2 heteroatoms. The SMILES string of the molecule is [2H]C([2H])([2H])c1ccc(-c2[c-]cc(C([2H])([2H])[2H])c(-c3ccccc3)c2)nc1.[2H]c1[c-]c(-c2[c-]c([2H])c([2H])c(-c3c([2H])c([2H])c(C4([2H])CC5CC(C5)C4)c([2H])c3[2H])c2[2H])c([2H])c([2H])c1[2H].[Ir+3]. The zero-order valence-corrected chi connectivity index (χ0v) is 26.9. The topological polar surface area (TPSA) is 12.9 Å². The molecule has 3 aliphatic rings. The van der Waals surface area contributed by atoms with E-state index in [0.29, 0.717) is 41.5 Å². The Morgan fingerprint density at radius 1 is 0.739 bits per heavy atom. The summed E-state index contributed by atoms with van der Waals surface area (Å²) in [5.74, 6) is -0.605. The summed E-state index contributed by atoms with van der Waals surface area (Å²) in [6, 6.07) is 17.9. The molecule has 0 atom stereocenters. The van der Waals surface area contributed by atoms with Crippen LogP contribution in [0.15, 0.2) is 127 Å². The number of benzene rings is 5. The third-order valence-electron chi connectivity index (χ3n) is 8.08. The van der Waals surface area contributed by atoms with Crippen LogP contribution in [0.3, 0.4) is 0 Å². The molecule has 0 saturated heterocycles. The summed E-state index contributed by atoms with van der Waals surface area (Å²) in [5, 5.41) is 0. The van der Waals surface area contributed by atoms with Crippen molar-refractivity contribution in [2.45, 2.75) is 45.3 Å². The molecule has 0 spiro atoms. The molecule has 1 aromatic heterocycles. The van der Waals surface area contributed by atoms with Crippen LogP contribution < -0.4 is 0 Å². The van der Waals surface area contributed by atoms with Crippen LogP contribution >= 0.6 is 0 Å². The Bertz CT molecular complexity index is 2710. The summed E-state index contributed by atoms with van der Waals surface area (Å²) in [5.41, 5.74) is 1.66. The summed E-state index contributed by atoms with van der Waals surface area (Å²) in [6.45, 7) is -4.48. The van der Waals surface area contributed by atoms with Crippen molar-refractivity contribution >= 4 is 0 Å². The number of hydrogen-bond acceptors (Lipinski definition) is 1. The standard InChI is InChI=1S/C25H22.C19H16N.Ir/c1-2-5-20(6-3-1)23-7-4-8-24(17-23)21-9-11-22(12-10-21)25-15-18-13-19(14-18)16-25;1-14-8-11-19(20-13-14)17-10-9-15(2)18(12-17)16-6-4-3-5-7-16;/h1-5,8-12,17-19,25H,13-16H2;3-9,11-13H,1-2H3;/q-2;-1;+3/i1D,2D,3D,4D,5D,8D,9D,10D,11D,12D,17D,25D;1D3,2D3;. The van der Waals surface area contributed by atoms with E-state index in [9.17, 15) is 0 Å². The first kappa shape index (κ1) is 16.6. The van der Waals surface area contributed by atoms with E-state index in [1.807, 2.05) is 30.3 Å². The monoisotopic (exact) mass is 791 g/mol. The maximum Gasteiger partial charge on any atom is 3.00 e. The van der Waals surface area contributed by atoms with Gasteiger partial charge in [0, 0.05) is 19.9 Å². The van der Waals surface area contributed by atoms with Gasteiger partial charge in [0.05, 0.1) is 5.48 Å². The van der Waals surface area contributed by atoms with E-state index in [4.69, 9.17) is 24.7 Å². The van der Waals surface area contributed by atoms with Crippen molar-refractivity contribution in [1.29, 1.82) is 0 Å². The summed E-state index contributed by atoms with van der Waals surface area (Å²) in [7, 11) is 0. The van der Waals surface area contributed by atoms with Gasteiger partial charge < -0.3 is 4.98 Å². The van der Waals surface area contributed by atoms with Crippen LogP contribution in [0.25, 0.3) is 44.6 Å². The number of aryl methyl sites for hydroxylation is 2. The fourth-order valence-corrected chi connectivity index (χ4v) is 5.82. The number of pyridine rings is 1. The third-order valence-corrected chi connectivity index (χ3v) is 8.08. The minimum atomic E-state index is -2.27. The molecule has 0 N–H and O–H groups in total. The van der Waals surface area contributed by atoms with Crippen molar-refractivity contribution in [3.8, 4) is 44.6 Å². The third kappa shape index (κ3) is 7.31. The van der Waals surface area contributed by atoms with Gasteiger partial charge in [-0.25, -0.2) is 11.1 Å². The van der Waals surface area contributed by atoms with E-state index >= 15 is 0 Å². The molecule has 1 nitrogen and oxygen atoms in total. The second-order valence-corrected chi connectivity index (χ2v) is 11.2. The van der Waals surface area contributed by atoms with E-state index < -0.39 is 86.1 Å². The first-order chi connectivity index (χ1) is 29.4. The van der Waals surface area contributed by atoms with Gasteiger partial charge in [-0.3, -0.25) is 0 Å². The zero-order valence-electron chi connectivity index (χ0n) is 42.5. The van der Waals surface area contributed by atoms with Gasteiger partial charge in [-0.2, -0.15) is 42.3 Å². The molecular formula is C44H38IrN. The van der Waals surface area contributed by atoms with E-state index in [1.54, 1.807) is 12.1 Å². The molecule has 2 bridgehead atoms. The summed E-state index contributed by atoms with van der Waals surface area (Å²) in [6.07, 6.45) is 4.24. The van der Waals surface area contributed by atoms with Gasteiger partial charge in [-0.15, -0.1) is 47.0 Å². The quantitative estimate of drug-likeness (QED) is 0.159. The molecule has 1 heterocycles. The average Bonchev–Trinajstić information content (AvgIpc) is 3.22. The van der Waals surface area contributed by atoms with Crippen LogP contribution in [-0.2, 0) is 20.1 Å². The average molecular weight is 791 g/mol. The molecule has 0 amide bonds. The molecule has 3 fully saturated rings. The van der Waals surface area contributed by atoms with Crippen LogP contribution in [0.4, 0.5) is 0 Å². The van der Waals surface area contributed by atoms with Crippen molar-refractivity contribution in [3.05, 3.63) is 162 Å². The largest absolute Gasteiger partial charge is 3.00 e. The molecule has 0 aliphatic heterocycles. The van der Waals surface area contributed by atoms with Gasteiger partial charge >= 0.3 is 20.1 Å². The molecule has 6 aromatic rings. The van der Waals surface area contributed by atoms with E-state index in [0.717, 1.165) is 18.4 Å². The summed E-state index contributed by atoms with van der Waals surface area (Å²) >= 11 is 0. The van der Waals surface area contributed by atoms with Crippen molar-refractivity contribution in [2.24, 2.45) is 11.8 Å². The van der Waals surface area contributed by atoms with Crippen LogP contribution in [-0.4, -0.2) is 4.98 Å². The number of aromatic nitrogens is 1. The van der Waals surface area contributed by atoms with Gasteiger partial charge in [-0.05, 0) is 83.7 Å². The fraction of sp³-hybridized carbons (Fsp3) is 0.205. The number of rotatable bonds is 5. The fourth-order valence-electron chi connectivity index (χ4n) is 5.82. The Morgan fingerprint density at radius 2 is 1.54 bits per heavy atom. The maximum atomic E-state index is 9.03. The Labute approximate surface area is 313 Å². The van der Waals surface area contributed by atoms with E-state index in [-0.39, 0.29) is 59.0 Å². The molecule has 9 rings (SSSR count). The summed E-state index contributed by atoms with van der Waals surface area (Å²) in [4.78, 5) is 4.21. The van der Waals surface area contributed by atoms with Gasteiger partial charge in [0.15, 0.2) is 0 Å². The number of hydrogen-bond donors (Lipinski definition) is 0. The molecule has 3 saturated carbocycles. The Morgan fingerprint density at radius 3 is 2.28 bits per heavy atom. The molecule has 228 valence electrons. The smallest absolute Gasteiger partial charge is 0.304 e. The van der Waals surface area contributed by atoms with Crippen molar-refractivity contribution in [1.82, 2.24) is 4.98 Å². The zero-order chi connectivity index (χ0) is 46.1. The predicted octanol–water partition coefficient (Wildman–Crippen LogP) is 11.4. The first-order valence-corrected chi connectivity index (χ1v) is 14.7. The number of fused-ring (bicyclic) bond motifs is 2. The van der Waals surface area contributed by atoms with Crippen LogP contribution in [0.2, 0.25) is 0 Å². The molecular weight excluding hydrogens is 735 g/mol. The maximum absolute atomic E-state index is 9.03. The van der Waals surface area contributed by atoms with Gasteiger partial charge in [0.2, 0.25) is 0 Å². The van der Waals surface area contributed by atoms with Crippen LogP contribution in [0, 0.1) is 43.7 Å². The van der Waals surface area contributed by atoms with Gasteiger partial charge in [0.1, 0.15) is 0 Å². The normalized spacial score (nSPS) is 25.7. The van der Waals surface area contributed by atoms with Crippen LogP contribution in [0.5, 0.6) is 0 Å². The minimum Gasteiger partial charge on any atom is -0.304 e. The predicted molar refractivity (Wildman–Crippen MR) is 187 cm³/mol. The molecule has 46 heavy (non-hydrogen) atoms. The first-order valence-electron chi connectivity index (χ1n) is 23.7. The van der Waals surface area contributed by atoms with E-state index in [1.165, 1.54) is 18.3 Å².